The van der Waals surface area contributed by atoms with Gasteiger partial charge in [-0.2, -0.15) is 0 Å². The molecule has 114 valence electrons. The van der Waals surface area contributed by atoms with Crippen LogP contribution in [0.2, 0.25) is 0 Å². The Balaban J connectivity index is 2.02. The minimum atomic E-state index is 0.626. The number of hydrogen-bond acceptors (Lipinski definition) is 2. The maximum Gasteiger partial charge on any atom is 0.113 e. The van der Waals surface area contributed by atoms with Crippen LogP contribution >= 0.6 is 0 Å². The largest absolute Gasteiger partial charge is 0.328 e. The Bertz CT molecular complexity index is 594. The molecule has 0 saturated carbocycles. The average molecular weight is 285 g/mol. The molecule has 1 saturated heterocycles. The van der Waals surface area contributed by atoms with Crippen molar-refractivity contribution in [2.45, 2.75) is 58.4 Å². The lowest BCUT2D eigenvalue weighted by Gasteiger charge is -2.23. The van der Waals surface area contributed by atoms with Crippen molar-refractivity contribution in [2.24, 2.45) is 0 Å². The van der Waals surface area contributed by atoms with E-state index in [0.717, 1.165) is 26.1 Å². The molecule has 1 fully saturated rings. The van der Waals surface area contributed by atoms with Gasteiger partial charge in [-0.15, -0.1) is 0 Å². The van der Waals surface area contributed by atoms with Crippen molar-refractivity contribution in [3.63, 3.8) is 0 Å². The quantitative estimate of drug-likeness (QED) is 0.904. The first-order chi connectivity index (χ1) is 10.3. The molecule has 1 aromatic carbocycles. The molecule has 0 atom stereocenters. The number of nitrogens with one attached hydrogen (secondary N) is 1. The van der Waals surface area contributed by atoms with Gasteiger partial charge >= 0.3 is 0 Å². The Morgan fingerprint density at radius 3 is 2.76 bits per heavy atom. The van der Waals surface area contributed by atoms with Crippen molar-refractivity contribution in [1.82, 2.24) is 14.9 Å². The standard InChI is InChI=1S/C18H27N3/c1-3-5-12-21-17-7-6-14(4-2)13-16(17)20-18(21)15-8-10-19-11-9-15/h6-7,13,15,19H,3-5,8-12H2,1-2H3. The summed E-state index contributed by atoms with van der Waals surface area (Å²) in [5.41, 5.74) is 3.91. The smallest absolute Gasteiger partial charge is 0.113 e. The molecular formula is C18H27N3. The molecule has 1 aromatic heterocycles. The van der Waals surface area contributed by atoms with Gasteiger partial charge in [-0.25, -0.2) is 4.98 Å². The van der Waals surface area contributed by atoms with Gasteiger partial charge in [0.25, 0.3) is 0 Å². The monoisotopic (exact) mass is 285 g/mol. The van der Waals surface area contributed by atoms with Gasteiger partial charge in [0.1, 0.15) is 5.82 Å². The summed E-state index contributed by atoms with van der Waals surface area (Å²) in [7, 11) is 0. The van der Waals surface area contributed by atoms with E-state index in [2.05, 4.69) is 41.9 Å². The number of aromatic nitrogens is 2. The van der Waals surface area contributed by atoms with E-state index in [4.69, 9.17) is 4.98 Å². The zero-order valence-corrected chi connectivity index (χ0v) is 13.4. The van der Waals surface area contributed by atoms with Crippen molar-refractivity contribution in [3.8, 4) is 0 Å². The average Bonchev–Trinajstić information content (AvgIpc) is 2.91. The van der Waals surface area contributed by atoms with E-state index in [1.807, 2.05) is 0 Å². The van der Waals surface area contributed by atoms with Crippen LogP contribution in [0.15, 0.2) is 18.2 Å². The third kappa shape index (κ3) is 2.98. The normalized spacial score (nSPS) is 16.7. The number of nitrogens with zero attached hydrogens (tertiary/aromatic N) is 2. The molecule has 0 unspecified atom stereocenters. The van der Waals surface area contributed by atoms with E-state index in [-0.39, 0.29) is 0 Å². The number of unbranched alkanes of at least 4 members (excludes halogenated alkanes) is 1. The highest BCUT2D eigenvalue weighted by molar-refractivity contribution is 5.77. The molecule has 1 aliphatic rings. The minimum absolute atomic E-state index is 0.626. The molecule has 3 nitrogen and oxygen atoms in total. The number of aryl methyl sites for hydroxylation is 2. The molecule has 0 amide bonds. The van der Waals surface area contributed by atoms with Gasteiger partial charge in [0, 0.05) is 12.5 Å². The van der Waals surface area contributed by atoms with E-state index in [0.29, 0.717) is 5.92 Å². The lowest BCUT2D eigenvalue weighted by atomic mass is 9.97. The molecule has 0 spiro atoms. The summed E-state index contributed by atoms with van der Waals surface area (Å²) in [6.45, 7) is 7.84. The van der Waals surface area contributed by atoms with Crippen LogP contribution in [-0.2, 0) is 13.0 Å². The molecule has 1 N–H and O–H groups in total. The Morgan fingerprint density at radius 1 is 1.24 bits per heavy atom. The Morgan fingerprint density at radius 2 is 2.05 bits per heavy atom. The minimum Gasteiger partial charge on any atom is -0.328 e. The van der Waals surface area contributed by atoms with Crippen molar-refractivity contribution < 1.29 is 0 Å². The van der Waals surface area contributed by atoms with Crippen molar-refractivity contribution in [2.75, 3.05) is 13.1 Å². The summed E-state index contributed by atoms with van der Waals surface area (Å²) in [5, 5.41) is 3.46. The van der Waals surface area contributed by atoms with Gasteiger partial charge in [0.05, 0.1) is 11.0 Å². The first-order valence-electron chi connectivity index (χ1n) is 8.53. The second kappa shape index (κ2) is 6.61. The lowest BCUT2D eigenvalue weighted by molar-refractivity contribution is 0.430. The summed E-state index contributed by atoms with van der Waals surface area (Å²) >= 11 is 0. The first-order valence-corrected chi connectivity index (χ1v) is 8.53. The number of benzene rings is 1. The van der Waals surface area contributed by atoms with Crippen molar-refractivity contribution >= 4 is 11.0 Å². The summed E-state index contributed by atoms with van der Waals surface area (Å²) in [6.07, 6.45) is 5.99. The zero-order chi connectivity index (χ0) is 14.7. The molecule has 2 aromatic rings. The van der Waals surface area contributed by atoms with Gasteiger partial charge in [-0.3, -0.25) is 0 Å². The Labute approximate surface area is 127 Å². The van der Waals surface area contributed by atoms with Crippen LogP contribution in [0.4, 0.5) is 0 Å². The number of imidazole rings is 1. The van der Waals surface area contributed by atoms with Gasteiger partial charge in [0.15, 0.2) is 0 Å². The predicted molar refractivity (Wildman–Crippen MR) is 88.9 cm³/mol. The maximum atomic E-state index is 5.03. The lowest BCUT2D eigenvalue weighted by Crippen LogP contribution is -2.28. The highest BCUT2D eigenvalue weighted by Crippen LogP contribution is 2.29. The van der Waals surface area contributed by atoms with Crippen molar-refractivity contribution in [3.05, 3.63) is 29.6 Å². The summed E-state index contributed by atoms with van der Waals surface area (Å²) in [5.74, 6) is 1.95. The molecule has 1 aliphatic heterocycles. The molecule has 3 rings (SSSR count). The highest BCUT2D eigenvalue weighted by atomic mass is 15.1. The van der Waals surface area contributed by atoms with Gasteiger partial charge in [-0.05, 0) is 56.5 Å². The predicted octanol–water partition coefficient (Wildman–Crippen LogP) is 3.87. The van der Waals surface area contributed by atoms with Gasteiger partial charge in [0.2, 0.25) is 0 Å². The van der Waals surface area contributed by atoms with Crippen LogP contribution in [0, 0.1) is 0 Å². The SMILES string of the molecule is CCCCn1c(C2CCNCC2)nc2cc(CC)ccc21. The second-order valence-corrected chi connectivity index (χ2v) is 6.18. The van der Waals surface area contributed by atoms with Crippen LogP contribution in [0.5, 0.6) is 0 Å². The zero-order valence-electron chi connectivity index (χ0n) is 13.4. The fourth-order valence-corrected chi connectivity index (χ4v) is 3.36. The fraction of sp³-hybridized carbons (Fsp3) is 0.611. The van der Waals surface area contributed by atoms with Crippen LogP contribution in [0.3, 0.4) is 0 Å². The summed E-state index contributed by atoms with van der Waals surface area (Å²) < 4.78 is 2.49. The molecule has 0 bridgehead atoms. The van der Waals surface area contributed by atoms with Crippen LogP contribution in [0.1, 0.15) is 56.8 Å². The van der Waals surface area contributed by atoms with E-state index in [9.17, 15) is 0 Å². The fourth-order valence-electron chi connectivity index (χ4n) is 3.36. The molecule has 0 aliphatic carbocycles. The second-order valence-electron chi connectivity index (χ2n) is 6.18. The molecular weight excluding hydrogens is 258 g/mol. The topological polar surface area (TPSA) is 29.9 Å². The maximum absolute atomic E-state index is 5.03. The molecule has 2 heterocycles. The summed E-state index contributed by atoms with van der Waals surface area (Å²) in [6, 6.07) is 6.82. The van der Waals surface area contributed by atoms with Crippen LogP contribution in [0.25, 0.3) is 11.0 Å². The molecule has 21 heavy (non-hydrogen) atoms. The van der Waals surface area contributed by atoms with E-state index in [1.165, 1.54) is 48.1 Å². The molecule has 0 radical (unpaired) electrons. The number of fused-ring (bicyclic) bond motifs is 1. The van der Waals surface area contributed by atoms with Gasteiger partial charge < -0.3 is 9.88 Å². The third-order valence-corrected chi connectivity index (χ3v) is 4.69. The van der Waals surface area contributed by atoms with E-state index in [1.54, 1.807) is 0 Å². The third-order valence-electron chi connectivity index (χ3n) is 4.69. The Kier molecular flexibility index (Phi) is 4.59. The van der Waals surface area contributed by atoms with E-state index < -0.39 is 0 Å². The van der Waals surface area contributed by atoms with Gasteiger partial charge in [-0.1, -0.05) is 26.3 Å². The number of piperidine rings is 1. The van der Waals surface area contributed by atoms with Crippen molar-refractivity contribution in [1.29, 1.82) is 0 Å². The number of rotatable bonds is 5. The van der Waals surface area contributed by atoms with Crippen LogP contribution in [-0.4, -0.2) is 22.6 Å². The highest BCUT2D eigenvalue weighted by Gasteiger charge is 2.22. The summed E-state index contributed by atoms with van der Waals surface area (Å²) in [4.78, 5) is 5.03. The van der Waals surface area contributed by atoms with Crippen LogP contribution < -0.4 is 5.32 Å². The number of hydrogen-bond donors (Lipinski definition) is 1. The molecule has 3 heteroatoms. The van der Waals surface area contributed by atoms with E-state index >= 15 is 0 Å². The Hall–Kier alpha value is -1.35. The first kappa shape index (κ1) is 14.6.